The number of carbonyl (C=O) groups is 1. The second-order valence-corrected chi connectivity index (χ2v) is 5.80. The molecule has 1 heterocycles. The summed E-state index contributed by atoms with van der Waals surface area (Å²) in [5, 5.41) is 13.4. The molecule has 0 aliphatic carbocycles. The van der Waals surface area contributed by atoms with Gasteiger partial charge in [-0.15, -0.1) is 0 Å². The largest absolute Gasteiger partial charge is 0.464 e. The number of hydrogen-bond acceptors (Lipinski definition) is 7. The van der Waals surface area contributed by atoms with Crippen LogP contribution < -0.4 is 5.32 Å². The Bertz CT molecular complexity index is 549. The molecule has 20 heavy (non-hydrogen) atoms. The van der Waals surface area contributed by atoms with E-state index in [1.54, 1.807) is 13.2 Å². The quantitative estimate of drug-likeness (QED) is 0.473. The van der Waals surface area contributed by atoms with E-state index in [2.05, 4.69) is 15.0 Å². The lowest BCUT2D eigenvalue weighted by atomic mass is 10.3. The number of nitrogens with one attached hydrogen (secondary N) is 1. The van der Waals surface area contributed by atoms with Crippen molar-refractivity contribution in [1.82, 2.24) is 4.98 Å². The first-order chi connectivity index (χ1) is 9.36. The van der Waals surface area contributed by atoms with E-state index in [4.69, 9.17) is 0 Å². The van der Waals surface area contributed by atoms with Crippen LogP contribution in [0.5, 0.6) is 0 Å². The number of aromatic nitrogens is 1. The van der Waals surface area contributed by atoms with E-state index in [9.17, 15) is 19.1 Å². The molecule has 0 amide bonds. The lowest BCUT2D eigenvalue weighted by molar-refractivity contribution is -0.384. The van der Waals surface area contributed by atoms with Crippen LogP contribution in [0.25, 0.3) is 0 Å². The van der Waals surface area contributed by atoms with Gasteiger partial charge in [0, 0.05) is 34.9 Å². The number of methoxy groups -OCH3 is 1. The van der Waals surface area contributed by atoms with Gasteiger partial charge in [0.2, 0.25) is 5.82 Å². The van der Waals surface area contributed by atoms with Crippen molar-refractivity contribution in [3.63, 3.8) is 0 Å². The zero-order valence-electron chi connectivity index (χ0n) is 11.3. The molecule has 1 aromatic heterocycles. The fourth-order valence-corrected chi connectivity index (χ4v) is 1.62. The number of carbonyl (C=O) groups excluding carboxylic acids is 1. The highest BCUT2D eigenvalue weighted by Crippen LogP contribution is 2.22. The maximum absolute atomic E-state index is 11.4. The van der Waals surface area contributed by atoms with E-state index in [1.807, 2.05) is 0 Å². The molecule has 0 fully saturated rings. The van der Waals surface area contributed by atoms with E-state index >= 15 is 0 Å². The fourth-order valence-electron chi connectivity index (χ4n) is 1.31. The lowest BCUT2D eigenvalue weighted by Crippen LogP contribution is -2.22. The number of hydrogen-bond donors (Lipinski definition) is 1. The number of anilines is 1. The van der Waals surface area contributed by atoms with Crippen molar-refractivity contribution in [1.29, 1.82) is 0 Å². The Morgan fingerprint density at radius 1 is 1.60 bits per heavy atom. The van der Waals surface area contributed by atoms with E-state index < -0.39 is 21.7 Å². The van der Waals surface area contributed by atoms with Crippen molar-refractivity contribution >= 4 is 28.3 Å². The number of rotatable bonds is 6. The van der Waals surface area contributed by atoms with Crippen molar-refractivity contribution in [2.45, 2.75) is 12.2 Å². The molecular weight excluding hydrogens is 286 g/mol. The van der Waals surface area contributed by atoms with Gasteiger partial charge in [0.1, 0.15) is 0 Å². The summed E-state index contributed by atoms with van der Waals surface area (Å²) in [4.78, 5) is 25.5. The van der Waals surface area contributed by atoms with Crippen LogP contribution in [0.4, 0.5) is 11.5 Å². The topological polar surface area (TPSA) is 111 Å². The molecule has 1 rings (SSSR count). The van der Waals surface area contributed by atoms with Crippen LogP contribution in [0.2, 0.25) is 0 Å². The fraction of sp³-hybridized carbons (Fsp3) is 0.455. The van der Waals surface area contributed by atoms with Crippen LogP contribution in [-0.2, 0) is 15.5 Å². The maximum atomic E-state index is 11.4. The molecule has 9 heteroatoms. The molecule has 8 nitrogen and oxygen atoms in total. The van der Waals surface area contributed by atoms with Gasteiger partial charge in [-0.05, 0) is 13.0 Å². The van der Waals surface area contributed by atoms with E-state index in [-0.39, 0.29) is 29.0 Å². The van der Waals surface area contributed by atoms with Crippen molar-refractivity contribution in [3.8, 4) is 0 Å². The average molecular weight is 301 g/mol. The second kappa shape index (κ2) is 6.94. The Morgan fingerprint density at radius 2 is 2.25 bits per heavy atom. The monoisotopic (exact) mass is 301 g/mol. The minimum Gasteiger partial charge on any atom is -0.464 e. The predicted molar refractivity (Wildman–Crippen MR) is 74.2 cm³/mol. The van der Waals surface area contributed by atoms with Crippen molar-refractivity contribution in [2.75, 3.05) is 25.2 Å². The summed E-state index contributed by atoms with van der Waals surface area (Å²) in [5.74, 6) is -0.731. The highest BCUT2D eigenvalue weighted by atomic mass is 32.2. The Labute approximate surface area is 118 Å². The first kappa shape index (κ1) is 16.0. The summed E-state index contributed by atoms with van der Waals surface area (Å²) >= 11 is 0. The molecule has 1 aromatic rings. The number of ether oxygens (including phenoxy) is 1. The zero-order chi connectivity index (χ0) is 15.3. The lowest BCUT2D eigenvalue weighted by Gasteiger charge is -2.11. The molecule has 2 atom stereocenters. The first-order valence-electron chi connectivity index (χ1n) is 5.66. The molecule has 0 saturated heterocycles. The molecular formula is C11H15N3O5S. The van der Waals surface area contributed by atoms with Crippen LogP contribution in [0.3, 0.4) is 0 Å². The average Bonchev–Trinajstić information content (AvgIpc) is 2.43. The summed E-state index contributed by atoms with van der Waals surface area (Å²) in [7, 11) is 0.126. The minimum absolute atomic E-state index is 0.0362. The van der Waals surface area contributed by atoms with Crippen LogP contribution >= 0.6 is 0 Å². The van der Waals surface area contributed by atoms with Crippen molar-refractivity contribution in [3.05, 3.63) is 27.9 Å². The highest BCUT2D eigenvalue weighted by Gasteiger charge is 2.19. The van der Waals surface area contributed by atoms with E-state index in [0.29, 0.717) is 0 Å². The van der Waals surface area contributed by atoms with Crippen LogP contribution in [0.1, 0.15) is 17.4 Å². The van der Waals surface area contributed by atoms with Crippen LogP contribution in [-0.4, -0.2) is 45.2 Å². The van der Waals surface area contributed by atoms with Gasteiger partial charge in [0.05, 0.1) is 12.0 Å². The molecule has 0 aromatic carbocycles. The van der Waals surface area contributed by atoms with Gasteiger partial charge in [-0.2, -0.15) is 0 Å². The van der Waals surface area contributed by atoms with E-state index in [0.717, 1.165) is 0 Å². The number of nitro groups is 1. The highest BCUT2D eigenvalue weighted by molar-refractivity contribution is 7.84. The third kappa shape index (κ3) is 3.98. The SMILES string of the molecule is COC(=O)c1ccc([N+](=O)[O-])c(NCC(C)S(C)=O)n1. The van der Waals surface area contributed by atoms with E-state index in [1.165, 1.54) is 19.2 Å². The zero-order valence-corrected chi connectivity index (χ0v) is 12.1. The molecule has 110 valence electrons. The maximum Gasteiger partial charge on any atom is 0.356 e. The normalized spacial score (nSPS) is 13.3. The third-order valence-electron chi connectivity index (χ3n) is 2.59. The van der Waals surface area contributed by atoms with Gasteiger partial charge in [0.25, 0.3) is 0 Å². The summed E-state index contributed by atoms with van der Waals surface area (Å²) in [6.45, 7) is 1.97. The Hall–Kier alpha value is -2.03. The standard InChI is InChI=1S/C11H15N3O5S/c1-7(20(3)18)6-12-10-9(14(16)17)5-4-8(13-10)11(15)19-2/h4-5,7H,6H2,1-3H3,(H,12,13). The molecule has 2 unspecified atom stereocenters. The summed E-state index contributed by atoms with van der Waals surface area (Å²) in [6, 6.07) is 2.39. The van der Waals surface area contributed by atoms with Gasteiger partial charge in [-0.1, -0.05) is 0 Å². The van der Waals surface area contributed by atoms with Gasteiger partial charge in [-0.25, -0.2) is 9.78 Å². The third-order valence-corrected chi connectivity index (χ3v) is 3.89. The van der Waals surface area contributed by atoms with Crippen molar-refractivity contribution < 1.29 is 18.7 Å². The molecule has 0 aliphatic heterocycles. The van der Waals surface area contributed by atoms with Gasteiger partial charge >= 0.3 is 11.7 Å². The van der Waals surface area contributed by atoms with Crippen LogP contribution in [0.15, 0.2) is 12.1 Å². The van der Waals surface area contributed by atoms with Gasteiger partial charge < -0.3 is 10.1 Å². The Balaban J connectivity index is 3.03. The summed E-state index contributed by atoms with van der Waals surface area (Å²) < 4.78 is 15.8. The summed E-state index contributed by atoms with van der Waals surface area (Å²) in [6.07, 6.45) is 1.54. The number of nitrogens with zero attached hydrogens (tertiary/aromatic N) is 2. The first-order valence-corrected chi connectivity index (χ1v) is 7.28. The molecule has 0 radical (unpaired) electrons. The van der Waals surface area contributed by atoms with Crippen LogP contribution in [0, 0.1) is 10.1 Å². The smallest absolute Gasteiger partial charge is 0.356 e. The van der Waals surface area contributed by atoms with Crippen molar-refractivity contribution in [2.24, 2.45) is 0 Å². The Morgan fingerprint density at radius 3 is 2.75 bits per heavy atom. The summed E-state index contributed by atoms with van der Waals surface area (Å²) in [5.41, 5.74) is -0.294. The predicted octanol–water partition coefficient (Wildman–Crippen LogP) is 0.955. The molecule has 1 N–H and O–H groups in total. The van der Waals surface area contributed by atoms with Gasteiger partial charge in [-0.3, -0.25) is 14.3 Å². The van der Waals surface area contributed by atoms with Gasteiger partial charge in [0.15, 0.2) is 5.69 Å². The molecule has 0 aliphatic rings. The second-order valence-electron chi connectivity index (χ2n) is 4.00. The molecule has 0 spiro atoms. The number of esters is 1. The molecule has 0 saturated carbocycles. The number of pyridine rings is 1. The molecule has 0 bridgehead atoms. The Kier molecular flexibility index (Phi) is 5.56. The minimum atomic E-state index is -1.07.